The molecule has 1 aromatic heterocycles. The molecular formula is C22H27N5O4S. The lowest BCUT2D eigenvalue weighted by molar-refractivity contribution is -0.116. The molecule has 9 nitrogen and oxygen atoms in total. The molecule has 2 aromatic rings. The van der Waals surface area contributed by atoms with Crippen molar-refractivity contribution < 1.29 is 18.0 Å². The van der Waals surface area contributed by atoms with E-state index in [0.29, 0.717) is 35.7 Å². The molecule has 3 N–H and O–H groups in total. The van der Waals surface area contributed by atoms with Gasteiger partial charge in [0, 0.05) is 43.1 Å². The number of nitriles is 1. The van der Waals surface area contributed by atoms with Gasteiger partial charge in [-0.15, -0.1) is 0 Å². The summed E-state index contributed by atoms with van der Waals surface area (Å²) in [4.78, 5) is 29.9. The Kier molecular flexibility index (Phi) is 7.33. The first kappa shape index (κ1) is 23.5. The SMILES string of the molecule is Cc1[nH]c(C)c(S(=O)(=O)NCCC(=O)Nc2cccc(C#N)c2)c1C(=O)N1CCCCC1. The molecule has 0 radical (unpaired) electrons. The van der Waals surface area contributed by atoms with E-state index in [1.165, 1.54) is 6.07 Å². The number of carbonyl (C=O) groups excluding carboxylic acids is 2. The number of piperidine rings is 1. The number of carbonyl (C=O) groups is 2. The van der Waals surface area contributed by atoms with Crippen molar-refractivity contribution in [1.82, 2.24) is 14.6 Å². The molecule has 2 heterocycles. The van der Waals surface area contributed by atoms with E-state index >= 15 is 0 Å². The van der Waals surface area contributed by atoms with Gasteiger partial charge < -0.3 is 15.2 Å². The van der Waals surface area contributed by atoms with E-state index in [0.717, 1.165) is 19.3 Å². The fraction of sp³-hybridized carbons (Fsp3) is 0.409. The number of sulfonamides is 1. The Morgan fingerprint density at radius 1 is 1.16 bits per heavy atom. The van der Waals surface area contributed by atoms with Crippen LogP contribution in [0, 0.1) is 25.2 Å². The molecular weight excluding hydrogens is 430 g/mol. The van der Waals surface area contributed by atoms with Gasteiger partial charge in [0.25, 0.3) is 5.91 Å². The molecule has 1 aromatic carbocycles. The summed E-state index contributed by atoms with van der Waals surface area (Å²) in [5.41, 5.74) is 1.92. The number of benzene rings is 1. The quantitative estimate of drug-likeness (QED) is 0.587. The summed E-state index contributed by atoms with van der Waals surface area (Å²) in [6.45, 7) is 4.40. The standard InChI is InChI=1S/C22H27N5O4S/c1-15-20(22(29)27-11-4-3-5-12-27)21(16(2)25-15)32(30,31)24-10-9-19(28)26-18-8-6-7-17(13-18)14-23/h6-8,13,24-25H,3-5,9-12H2,1-2H3,(H,26,28). The fourth-order valence-corrected chi connectivity index (χ4v) is 5.35. The van der Waals surface area contributed by atoms with Crippen molar-refractivity contribution in [1.29, 1.82) is 5.26 Å². The second-order valence-corrected chi connectivity index (χ2v) is 9.52. The van der Waals surface area contributed by atoms with Crippen LogP contribution in [-0.2, 0) is 14.8 Å². The molecule has 1 fully saturated rings. The van der Waals surface area contributed by atoms with Crippen molar-refractivity contribution in [2.24, 2.45) is 0 Å². The third-order valence-electron chi connectivity index (χ3n) is 5.36. The minimum absolute atomic E-state index is 0.0623. The monoisotopic (exact) mass is 457 g/mol. The highest BCUT2D eigenvalue weighted by Crippen LogP contribution is 2.26. The molecule has 3 rings (SSSR count). The molecule has 1 aliphatic rings. The topological polar surface area (TPSA) is 135 Å². The molecule has 10 heteroatoms. The second kappa shape index (κ2) is 9.97. The summed E-state index contributed by atoms with van der Waals surface area (Å²) >= 11 is 0. The van der Waals surface area contributed by atoms with Gasteiger partial charge in [-0.05, 0) is 51.3 Å². The zero-order valence-corrected chi connectivity index (χ0v) is 19.0. The highest BCUT2D eigenvalue weighted by atomic mass is 32.2. The number of likely N-dealkylation sites (tertiary alicyclic amines) is 1. The number of aromatic amines is 1. The van der Waals surface area contributed by atoms with E-state index in [-0.39, 0.29) is 29.3 Å². The van der Waals surface area contributed by atoms with Gasteiger partial charge in [0.1, 0.15) is 4.90 Å². The van der Waals surface area contributed by atoms with Crippen LogP contribution >= 0.6 is 0 Å². The second-order valence-electron chi connectivity index (χ2n) is 7.82. The largest absolute Gasteiger partial charge is 0.361 e. The van der Waals surface area contributed by atoms with Gasteiger partial charge >= 0.3 is 0 Å². The lowest BCUT2D eigenvalue weighted by atomic mass is 10.1. The zero-order chi connectivity index (χ0) is 23.3. The average Bonchev–Trinajstić information content (AvgIpc) is 3.08. The lowest BCUT2D eigenvalue weighted by Crippen LogP contribution is -2.37. The Labute approximate surface area is 187 Å². The predicted octanol–water partition coefficient (Wildman–Crippen LogP) is 2.44. The first-order chi connectivity index (χ1) is 15.2. The van der Waals surface area contributed by atoms with Crippen LogP contribution in [-0.4, -0.2) is 49.8 Å². The molecule has 2 amide bonds. The Hall–Kier alpha value is -3.16. The lowest BCUT2D eigenvalue weighted by Gasteiger charge is -2.27. The predicted molar refractivity (Wildman–Crippen MR) is 120 cm³/mol. The molecule has 170 valence electrons. The number of rotatable bonds is 7. The minimum Gasteiger partial charge on any atom is -0.361 e. The first-order valence-electron chi connectivity index (χ1n) is 10.5. The van der Waals surface area contributed by atoms with E-state index in [1.54, 1.807) is 36.9 Å². The van der Waals surface area contributed by atoms with Crippen LogP contribution < -0.4 is 10.0 Å². The third-order valence-corrected chi connectivity index (χ3v) is 7.00. The number of hydrogen-bond acceptors (Lipinski definition) is 5. The van der Waals surface area contributed by atoms with Crippen molar-refractivity contribution in [3.05, 3.63) is 46.8 Å². The van der Waals surface area contributed by atoms with Gasteiger partial charge in [-0.3, -0.25) is 9.59 Å². The van der Waals surface area contributed by atoms with E-state index in [9.17, 15) is 18.0 Å². The number of H-pyrrole nitrogens is 1. The van der Waals surface area contributed by atoms with E-state index in [1.807, 2.05) is 6.07 Å². The fourth-order valence-electron chi connectivity index (χ4n) is 3.87. The molecule has 1 aliphatic heterocycles. The Balaban J connectivity index is 1.68. The van der Waals surface area contributed by atoms with Gasteiger partial charge in [-0.25, -0.2) is 13.1 Å². The van der Waals surface area contributed by atoms with E-state index < -0.39 is 15.9 Å². The number of nitrogens with one attached hydrogen (secondary N) is 3. The van der Waals surface area contributed by atoms with Gasteiger partial charge in [0.05, 0.1) is 17.2 Å². The summed E-state index contributed by atoms with van der Waals surface area (Å²) < 4.78 is 28.5. The Morgan fingerprint density at radius 2 is 1.88 bits per heavy atom. The van der Waals surface area contributed by atoms with E-state index in [2.05, 4.69) is 15.0 Å². The number of nitrogens with zero attached hydrogens (tertiary/aromatic N) is 2. The van der Waals surface area contributed by atoms with Gasteiger partial charge in [-0.2, -0.15) is 5.26 Å². The van der Waals surface area contributed by atoms with Gasteiger partial charge in [0.15, 0.2) is 0 Å². The highest BCUT2D eigenvalue weighted by molar-refractivity contribution is 7.89. The number of aryl methyl sites for hydroxylation is 2. The number of hydrogen-bond donors (Lipinski definition) is 3. The maximum absolute atomic E-state index is 13.1. The summed E-state index contributed by atoms with van der Waals surface area (Å²) in [7, 11) is -4.02. The number of aromatic nitrogens is 1. The summed E-state index contributed by atoms with van der Waals surface area (Å²) in [5.74, 6) is -0.684. The molecule has 0 unspecified atom stereocenters. The smallest absolute Gasteiger partial charge is 0.257 e. The Morgan fingerprint density at radius 3 is 2.56 bits per heavy atom. The van der Waals surface area contributed by atoms with Gasteiger partial charge in [0.2, 0.25) is 15.9 Å². The number of anilines is 1. The van der Waals surface area contributed by atoms with Crippen molar-refractivity contribution in [3.63, 3.8) is 0 Å². The maximum Gasteiger partial charge on any atom is 0.257 e. The van der Waals surface area contributed by atoms with Crippen LogP contribution in [0.25, 0.3) is 0 Å². The molecule has 0 bridgehead atoms. The number of amides is 2. The van der Waals surface area contributed by atoms with Crippen LogP contribution in [0.5, 0.6) is 0 Å². The summed E-state index contributed by atoms with van der Waals surface area (Å²) in [6.07, 6.45) is 2.76. The van der Waals surface area contributed by atoms with Crippen LogP contribution in [0.15, 0.2) is 29.2 Å². The zero-order valence-electron chi connectivity index (χ0n) is 18.2. The van der Waals surface area contributed by atoms with Gasteiger partial charge in [-0.1, -0.05) is 6.07 Å². The van der Waals surface area contributed by atoms with Crippen molar-refractivity contribution in [3.8, 4) is 6.07 Å². The summed E-state index contributed by atoms with van der Waals surface area (Å²) in [6, 6.07) is 8.44. The molecule has 0 atom stereocenters. The van der Waals surface area contributed by atoms with Crippen molar-refractivity contribution in [2.45, 2.75) is 44.4 Å². The highest BCUT2D eigenvalue weighted by Gasteiger charge is 2.31. The summed E-state index contributed by atoms with van der Waals surface area (Å²) in [5, 5.41) is 11.6. The van der Waals surface area contributed by atoms with Crippen LogP contribution in [0.2, 0.25) is 0 Å². The third kappa shape index (κ3) is 5.36. The maximum atomic E-state index is 13.1. The average molecular weight is 458 g/mol. The molecule has 0 saturated carbocycles. The Bertz CT molecular complexity index is 1160. The molecule has 32 heavy (non-hydrogen) atoms. The van der Waals surface area contributed by atoms with Crippen molar-refractivity contribution >= 4 is 27.5 Å². The molecule has 1 saturated heterocycles. The molecule has 0 spiro atoms. The van der Waals surface area contributed by atoms with Crippen molar-refractivity contribution in [2.75, 3.05) is 25.0 Å². The molecule has 0 aliphatic carbocycles. The van der Waals surface area contributed by atoms with Crippen LogP contribution in [0.3, 0.4) is 0 Å². The van der Waals surface area contributed by atoms with E-state index in [4.69, 9.17) is 5.26 Å². The van der Waals surface area contributed by atoms with Crippen LogP contribution in [0.4, 0.5) is 5.69 Å². The normalized spacial score (nSPS) is 14.1. The minimum atomic E-state index is -4.02. The van der Waals surface area contributed by atoms with Crippen LogP contribution in [0.1, 0.15) is 53.0 Å². The first-order valence-corrected chi connectivity index (χ1v) is 12.0.